The van der Waals surface area contributed by atoms with Gasteiger partial charge >= 0.3 is 0 Å². The molecule has 0 unspecified atom stereocenters. The van der Waals surface area contributed by atoms with Crippen LogP contribution in [0.5, 0.6) is 0 Å². The average Bonchev–Trinajstić information content (AvgIpc) is 3.91. The van der Waals surface area contributed by atoms with Crippen LogP contribution in [0.2, 0.25) is 0 Å². The van der Waals surface area contributed by atoms with Gasteiger partial charge in [-0.15, -0.1) is 11.3 Å². The van der Waals surface area contributed by atoms with E-state index in [0.717, 1.165) is 50.1 Å². The normalized spacial score (nSPS) is 11.6. The first-order valence-corrected chi connectivity index (χ1v) is 16.5. The monoisotopic (exact) mass is 625 g/mol. The van der Waals surface area contributed by atoms with Crippen LogP contribution in [0.4, 0.5) is 0 Å². The molecule has 226 valence electrons. The van der Waals surface area contributed by atoms with Crippen LogP contribution in [0.3, 0.4) is 0 Å². The minimum Gasteiger partial charge on any atom is -0.317 e. The van der Waals surface area contributed by atoms with Crippen molar-refractivity contribution in [2.24, 2.45) is 0 Å². The van der Waals surface area contributed by atoms with Crippen LogP contribution in [0.1, 0.15) is 37.6 Å². The number of rotatable bonds is 8. The second kappa shape index (κ2) is 11.9. The number of thiophene rings is 1. The molecule has 0 saturated carbocycles. The Morgan fingerprint density at radius 1 is 0.638 bits per heavy atom. The van der Waals surface area contributed by atoms with Gasteiger partial charge in [0, 0.05) is 17.5 Å². The molecule has 8 aromatic rings. The van der Waals surface area contributed by atoms with E-state index >= 15 is 0 Å². The molecule has 0 aliphatic rings. The maximum atomic E-state index is 14.2. The Bertz CT molecular complexity index is 2220. The molecule has 0 atom stereocenters. The number of ketones is 1. The van der Waals surface area contributed by atoms with E-state index in [1.54, 1.807) is 0 Å². The standard InChI is InChI=1S/C42H31N3OS/c1-30-40(41(46)38-25-14-26-47-38)37(36-24-13-16-31-15-11-12-23-35(31)36)27-45(30)39-28-44(29-43-39)42(32-17-5-2-6-18-32,33-19-7-3-8-20-33)34-21-9-4-10-22-34/h2-29H,1H3. The first kappa shape index (κ1) is 28.7. The molecule has 0 fully saturated rings. The predicted molar refractivity (Wildman–Crippen MR) is 192 cm³/mol. The second-order valence-corrected chi connectivity index (χ2v) is 12.6. The summed E-state index contributed by atoms with van der Waals surface area (Å²) in [6.07, 6.45) is 6.10. The summed E-state index contributed by atoms with van der Waals surface area (Å²) in [5, 5.41) is 4.19. The molecule has 0 saturated heterocycles. The molecule has 0 radical (unpaired) electrons. The number of nitrogens with zero attached hydrogens (tertiary/aromatic N) is 3. The molecule has 0 N–H and O–H groups in total. The maximum Gasteiger partial charge on any atom is 0.205 e. The topological polar surface area (TPSA) is 39.8 Å². The summed E-state index contributed by atoms with van der Waals surface area (Å²) in [6, 6.07) is 50.2. The SMILES string of the molecule is Cc1c(C(=O)c2cccs2)c(-c2cccc3ccccc23)cn1-c1cn(C(c2ccccc2)(c2ccccc2)c2ccccc2)cn1. The van der Waals surface area contributed by atoms with E-state index in [4.69, 9.17) is 4.98 Å². The fourth-order valence-corrected chi connectivity index (χ4v) is 7.60. The zero-order valence-corrected chi connectivity index (χ0v) is 26.6. The Morgan fingerprint density at radius 2 is 1.23 bits per heavy atom. The van der Waals surface area contributed by atoms with Crippen molar-refractivity contribution in [2.45, 2.75) is 12.5 Å². The fourth-order valence-electron chi connectivity index (χ4n) is 6.93. The molecule has 3 aromatic heterocycles. The lowest BCUT2D eigenvalue weighted by molar-refractivity contribution is 0.104. The highest BCUT2D eigenvalue weighted by molar-refractivity contribution is 7.12. The average molecular weight is 626 g/mol. The van der Waals surface area contributed by atoms with Crippen molar-refractivity contribution in [3.8, 4) is 16.9 Å². The molecule has 3 heterocycles. The molecule has 0 spiro atoms. The number of carbonyl (C=O) groups excluding carboxylic acids is 1. The van der Waals surface area contributed by atoms with Gasteiger partial charge in [-0.1, -0.05) is 140 Å². The number of hydrogen-bond donors (Lipinski definition) is 0. The van der Waals surface area contributed by atoms with Crippen molar-refractivity contribution in [1.29, 1.82) is 0 Å². The Labute approximate surface area is 277 Å². The molecule has 0 aliphatic heterocycles. The van der Waals surface area contributed by atoms with Crippen molar-refractivity contribution in [3.05, 3.63) is 203 Å². The first-order valence-electron chi connectivity index (χ1n) is 15.7. The Morgan fingerprint density at radius 3 is 1.85 bits per heavy atom. The summed E-state index contributed by atoms with van der Waals surface area (Å²) in [4.78, 5) is 20.0. The van der Waals surface area contributed by atoms with E-state index in [9.17, 15) is 4.79 Å². The van der Waals surface area contributed by atoms with Gasteiger partial charge < -0.3 is 9.13 Å². The number of aromatic nitrogens is 3. The number of imidazole rings is 1. The third-order valence-corrected chi connectivity index (χ3v) is 9.95. The van der Waals surface area contributed by atoms with Crippen LogP contribution < -0.4 is 0 Å². The van der Waals surface area contributed by atoms with E-state index in [1.165, 1.54) is 11.3 Å². The summed E-state index contributed by atoms with van der Waals surface area (Å²) in [5.41, 5.74) is 6.13. The second-order valence-electron chi connectivity index (χ2n) is 11.7. The zero-order valence-electron chi connectivity index (χ0n) is 25.8. The Balaban J connectivity index is 1.37. The minimum atomic E-state index is -0.690. The minimum absolute atomic E-state index is 0.0193. The number of benzene rings is 5. The van der Waals surface area contributed by atoms with Crippen LogP contribution in [-0.4, -0.2) is 19.9 Å². The van der Waals surface area contributed by atoms with Gasteiger partial charge in [0.25, 0.3) is 0 Å². The maximum absolute atomic E-state index is 14.2. The Kier molecular flexibility index (Phi) is 7.24. The van der Waals surface area contributed by atoms with Gasteiger partial charge in [0.15, 0.2) is 5.82 Å². The van der Waals surface area contributed by atoms with Crippen molar-refractivity contribution >= 4 is 27.9 Å². The molecule has 5 aromatic carbocycles. The highest BCUT2D eigenvalue weighted by atomic mass is 32.1. The first-order chi connectivity index (χ1) is 23.2. The summed E-state index contributed by atoms with van der Waals surface area (Å²) in [5.74, 6) is 0.757. The highest BCUT2D eigenvalue weighted by Gasteiger charge is 2.38. The molecule has 0 bridgehead atoms. The number of fused-ring (bicyclic) bond motifs is 1. The van der Waals surface area contributed by atoms with E-state index in [-0.39, 0.29) is 5.78 Å². The van der Waals surface area contributed by atoms with Gasteiger partial charge in [0.05, 0.1) is 23.0 Å². The zero-order chi connectivity index (χ0) is 31.8. The Hall–Kier alpha value is -5.78. The predicted octanol–water partition coefficient (Wildman–Crippen LogP) is 9.94. The van der Waals surface area contributed by atoms with Gasteiger partial charge in [0.1, 0.15) is 5.54 Å². The quantitative estimate of drug-likeness (QED) is 0.125. The largest absolute Gasteiger partial charge is 0.317 e. The molecule has 8 rings (SSSR count). The smallest absolute Gasteiger partial charge is 0.205 e. The van der Waals surface area contributed by atoms with Crippen LogP contribution in [0, 0.1) is 6.92 Å². The van der Waals surface area contributed by atoms with Crippen molar-refractivity contribution < 1.29 is 4.79 Å². The molecule has 0 aliphatic carbocycles. The van der Waals surface area contributed by atoms with Crippen LogP contribution in [0.25, 0.3) is 27.7 Å². The van der Waals surface area contributed by atoms with Gasteiger partial charge in [-0.3, -0.25) is 4.79 Å². The van der Waals surface area contributed by atoms with Crippen molar-refractivity contribution in [1.82, 2.24) is 14.1 Å². The van der Waals surface area contributed by atoms with Gasteiger partial charge in [-0.2, -0.15) is 0 Å². The van der Waals surface area contributed by atoms with Crippen LogP contribution >= 0.6 is 11.3 Å². The summed E-state index contributed by atoms with van der Waals surface area (Å²) in [6.45, 7) is 2.02. The molecule has 47 heavy (non-hydrogen) atoms. The fraction of sp³-hybridized carbons (Fsp3) is 0.0476. The van der Waals surface area contributed by atoms with E-state index in [1.807, 2.05) is 55.0 Å². The third-order valence-electron chi connectivity index (χ3n) is 9.08. The third kappa shape index (κ3) is 4.75. The molecular weight excluding hydrogens is 595 g/mol. The number of carbonyl (C=O) groups is 1. The van der Waals surface area contributed by atoms with Crippen molar-refractivity contribution in [2.75, 3.05) is 0 Å². The summed E-state index contributed by atoms with van der Waals surface area (Å²) < 4.78 is 4.28. The molecular formula is C42H31N3OS. The van der Waals surface area contributed by atoms with Crippen LogP contribution in [0.15, 0.2) is 170 Å². The van der Waals surface area contributed by atoms with Crippen LogP contribution in [-0.2, 0) is 5.54 Å². The lowest BCUT2D eigenvalue weighted by Gasteiger charge is -2.37. The molecule has 4 nitrogen and oxygen atoms in total. The molecule has 0 amide bonds. The van der Waals surface area contributed by atoms with E-state index < -0.39 is 5.54 Å². The lowest BCUT2D eigenvalue weighted by atomic mass is 9.77. The highest BCUT2D eigenvalue weighted by Crippen LogP contribution is 2.42. The number of hydrogen-bond acceptors (Lipinski definition) is 3. The van der Waals surface area contributed by atoms with Crippen molar-refractivity contribution in [3.63, 3.8) is 0 Å². The van der Waals surface area contributed by atoms with Gasteiger partial charge in [-0.05, 0) is 51.4 Å². The van der Waals surface area contributed by atoms with E-state index in [2.05, 4.69) is 131 Å². The van der Waals surface area contributed by atoms with E-state index in [0.29, 0.717) is 10.4 Å². The molecule has 5 heteroatoms. The summed E-state index contributed by atoms with van der Waals surface area (Å²) in [7, 11) is 0. The van der Waals surface area contributed by atoms with Gasteiger partial charge in [-0.25, -0.2) is 4.98 Å². The summed E-state index contributed by atoms with van der Waals surface area (Å²) >= 11 is 1.47. The lowest BCUT2D eigenvalue weighted by Crippen LogP contribution is -2.36. The van der Waals surface area contributed by atoms with Gasteiger partial charge in [0.2, 0.25) is 5.78 Å².